The van der Waals surface area contributed by atoms with Crippen LogP contribution in [0.4, 0.5) is 18.0 Å². The zero-order valence-corrected chi connectivity index (χ0v) is 19.2. The lowest BCUT2D eigenvalue weighted by atomic mass is 9.92. The van der Waals surface area contributed by atoms with Crippen molar-refractivity contribution >= 4 is 45.6 Å². The fourth-order valence-corrected chi connectivity index (χ4v) is 5.06. The van der Waals surface area contributed by atoms with Crippen LogP contribution in [0, 0.1) is 5.92 Å². The van der Waals surface area contributed by atoms with Gasteiger partial charge in [-0.25, -0.2) is 19.2 Å². The van der Waals surface area contributed by atoms with Crippen molar-refractivity contribution in [3.8, 4) is 0 Å². The van der Waals surface area contributed by atoms with Crippen LogP contribution in [0.1, 0.15) is 33.6 Å². The number of likely N-dealkylation sites (tertiary alicyclic amines) is 1. The minimum Gasteiger partial charge on any atom is -0.444 e. The quantitative estimate of drug-likeness (QED) is 0.500. The van der Waals surface area contributed by atoms with Gasteiger partial charge in [0, 0.05) is 19.2 Å². The maximum atomic E-state index is 14.6. The molecule has 4 aliphatic rings. The molecule has 0 aromatic rings. The third-order valence-corrected chi connectivity index (χ3v) is 6.28. The zero-order valence-electron chi connectivity index (χ0n) is 17.7. The highest BCUT2D eigenvalue weighted by Gasteiger charge is 2.55. The molecule has 174 valence electrons. The first kappa shape index (κ1) is 23.1. The maximum Gasteiger partial charge on any atom is 0.411 e. The van der Waals surface area contributed by atoms with Crippen molar-refractivity contribution in [1.82, 2.24) is 9.80 Å². The van der Waals surface area contributed by atoms with E-state index in [-0.39, 0.29) is 29.3 Å². The average Bonchev–Trinajstić information content (AvgIpc) is 2.89. The molecule has 0 aliphatic carbocycles. The highest BCUT2D eigenvalue weighted by molar-refractivity contribution is 6.69. The van der Waals surface area contributed by atoms with Gasteiger partial charge < -0.3 is 9.64 Å². The molecular formula is C20H22Cl2F3N5O2. The number of ether oxygens (including phenoxy) is 1. The second-order valence-corrected chi connectivity index (χ2v) is 9.89. The molecule has 0 spiro atoms. The number of hydrogen-bond donors (Lipinski definition) is 0. The van der Waals surface area contributed by atoms with Gasteiger partial charge in [-0.3, -0.25) is 9.89 Å². The van der Waals surface area contributed by atoms with E-state index in [1.54, 1.807) is 25.7 Å². The van der Waals surface area contributed by atoms with E-state index in [2.05, 4.69) is 15.0 Å². The van der Waals surface area contributed by atoms with E-state index in [9.17, 15) is 18.0 Å². The Kier molecular flexibility index (Phi) is 5.82. The Bertz CT molecular complexity index is 1000. The third kappa shape index (κ3) is 4.14. The lowest BCUT2D eigenvalue weighted by Crippen LogP contribution is -2.65. The molecule has 0 N–H and O–H groups in total. The Labute approximate surface area is 193 Å². The van der Waals surface area contributed by atoms with Gasteiger partial charge in [-0.05, 0) is 45.2 Å². The standard InChI is InChI=1S/C20H22Cl2F3N5O2/c1-19(2,3)32-18(31)30-10-4-5-20(30,6-12(23)24)9-29(8-10)16-11-7-26-15(21)13(25)14(11)27-17(22)28-16/h6,10-11H,4-5,7-9H2,1-3H3. The number of dihydropyridines is 1. The topological polar surface area (TPSA) is 69.9 Å². The van der Waals surface area contributed by atoms with Gasteiger partial charge in [-0.2, -0.15) is 8.78 Å². The Morgan fingerprint density at radius 3 is 2.66 bits per heavy atom. The molecule has 4 heterocycles. The van der Waals surface area contributed by atoms with Crippen LogP contribution in [-0.4, -0.2) is 69.0 Å². The number of allylic oxidation sites excluding steroid dienone is 1. The molecule has 32 heavy (non-hydrogen) atoms. The molecule has 1 amide bonds. The second-order valence-electron chi connectivity index (χ2n) is 9.20. The first-order valence-electron chi connectivity index (χ1n) is 10.1. The van der Waals surface area contributed by atoms with Crippen LogP contribution < -0.4 is 0 Å². The van der Waals surface area contributed by atoms with Crippen molar-refractivity contribution < 1.29 is 22.7 Å². The number of fused-ring (bicyclic) bond motifs is 3. The summed E-state index contributed by atoms with van der Waals surface area (Å²) in [6.45, 7) is 5.58. The van der Waals surface area contributed by atoms with E-state index in [1.807, 2.05) is 0 Å². The van der Waals surface area contributed by atoms with E-state index in [0.29, 0.717) is 25.2 Å². The minimum atomic E-state index is -1.90. The molecule has 2 fully saturated rings. The number of aliphatic imine (C=N–C) groups is 3. The smallest absolute Gasteiger partial charge is 0.411 e. The van der Waals surface area contributed by atoms with Crippen LogP contribution >= 0.6 is 23.2 Å². The van der Waals surface area contributed by atoms with Crippen molar-refractivity contribution in [3.05, 3.63) is 23.7 Å². The van der Waals surface area contributed by atoms with Gasteiger partial charge in [0.1, 0.15) is 11.4 Å². The summed E-state index contributed by atoms with van der Waals surface area (Å²) in [5, 5.41) is -0.476. The molecule has 0 saturated carbocycles. The molecular weight excluding hydrogens is 470 g/mol. The molecule has 2 bridgehead atoms. The highest BCUT2D eigenvalue weighted by atomic mass is 35.5. The molecule has 0 aromatic carbocycles. The predicted molar refractivity (Wildman–Crippen MR) is 116 cm³/mol. The van der Waals surface area contributed by atoms with Gasteiger partial charge in [0.05, 0.1) is 29.7 Å². The van der Waals surface area contributed by atoms with E-state index in [1.165, 1.54) is 4.90 Å². The van der Waals surface area contributed by atoms with Gasteiger partial charge in [0.2, 0.25) is 5.29 Å². The molecule has 4 rings (SSSR count). The van der Waals surface area contributed by atoms with E-state index < -0.39 is 41.1 Å². The molecule has 4 aliphatic heterocycles. The summed E-state index contributed by atoms with van der Waals surface area (Å²) in [5.74, 6) is -1.06. The van der Waals surface area contributed by atoms with Gasteiger partial charge in [0.15, 0.2) is 11.0 Å². The number of amides is 1. The number of rotatable bonds is 1. The van der Waals surface area contributed by atoms with Crippen LogP contribution in [0.25, 0.3) is 0 Å². The fraction of sp³-hybridized carbons (Fsp3) is 0.600. The molecule has 3 atom stereocenters. The zero-order chi connectivity index (χ0) is 23.4. The fourth-order valence-electron chi connectivity index (χ4n) is 4.72. The van der Waals surface area contributed by atoms with Gasteiger partial charge in [-0.1, -0.05) is 11.6 Å². The van der Waals surface area contributed by atoms with Crippen LogP contribution in [0.2, 0.25) is 0 Å². The van der Waals surface area contributed by atoms with Crippen LogP contribution in [0.15, 0.2) is 38.7 Å². The average molecular weight is 492 g/mol. The number of carbonyl (C=O) groups excluding carboxylic acids is 1. The normalized spacial score (nSPS) is 29.8. The van der Waals surface area contributed by atoms with Crippen molar-refractivity contribution in [2.75, 3.05) is 19.6 Å². The van der Waals surface area contributed by atoms with Crippen molar-refractivity contribution in [2.24, 2.45) is 20.9 Å². The maximum absolute atomic E-state index is 14.6. The molecule has 2 saturated heterocycles. The van der Waals surface area contributed by atoms with Crippen LogP contribution in [0.3, 0.4) is 0 Å². The Balaban J connectivity index is 1.69. The third-order valence-electron chi connectivity index (χ3n) is 5.82. The molecule has 7 nitrogen and oxygen atoms in total. The Hall–Kier alpha value is -2.07. The minimum absolute atomic E-state index is 0.0168. The summed E-state index contributed by atoms with van der Waals surface area (Å²) in [6.07, 6.45) is -0.920. The largest absolute Gasteiger partial charge is 0.444 e. The Morgan fingerprint density at radius 1 is 1.28 bits per heavy atom. The summed E-state index contributed by atoms with van der Waals surface area (Å²) in [7, 11) is 0. The molecule has 3 unspecified atom stereocenters. The van der Waals surface area contributed by atoms with Crippen molar-refractivity contribution in [2.45, 2.75) is 50.8 Å². The first-order valence-corrected chi connectivity index (χ1v) is 10.9. The number of halogens is 5. The number of nitrogens with zero attached hydrogens (tertiary/aromatic N) is 5. The SMILES string of the molecule is CC(C)(C)OC(=O)N1C2CCC1(C=C(F)F)CN(C1=NC(Cl)=NC3=C(F)C(Cl)=NCC13)C2. The number of carbonyl (C=O) groups is 1. The summed E-state index contributed by atoms with van der Waals surface area (Å²) in [5.41, 5.74) is -2.06. The number of amidine groups is 2. The summed E-state index contributed by atoms with van der Waals surface area (Å²) >= 11 is 11.9. The summed E-state index contributed by atoms with van der Waals surface area (Å²) in [4.78, 5) is 28.4. The van der Waals surface area contributed by atoms with Crippen molar-refractivity contribution in [1.29, 1.82) is 0 Å². The van der Waals surface area contributed by atoms with E-state index in [0.717, 1.165) is 6.08 Å². The monoisotopic (exact) mass is 491 g/mol. The summed E-state index contributed by atoms with van der Waals surface area (Å²) in [6, 6.07) is -0.400. The van der Waals surface area contributed by atoms with Gasteiger partial charge in [-0.15, -0.1) is 0 Å². The van der Waals surface area contributed by atoms with Gasteiger partial charge >= 0.3 is 6.09 Å². The Morgan fingerprint density at radius 2 is 2.00 bits per heavy atom. The highest BCUT2D eigenvalue weighted by Crippen LogP contribution is 2.43. The van der Waals surface area contributed by atoms with Gasteiger partial charge in [0.25, 0.3) is 6.08 Å². The first-order chi connectivity index (χ1) is 14.9. The van der Waals surface area contributed by atoms with Crippen LogP contribution in [0.5, 0.6) is 0 Å². The van der Waals surface area contributed by atoms with Crippen molar-refractivity contribution in [3.63, 3.8) is 0 Å². The second kappa shape index (κ2) is 8.06. The predicted octanol–water partition coefficient (Wildman–Crippen LogP) is 4.68. The lowest BCUT2D eigenvalue weighted by Gasteiger charge is -2.49. The summed E-state index contributed by atoms with van der Waals surface area (Å²) < 4.78 is 47.2. The van der Waals surface area contributed by atoms with E-state index in [4.69, 9.17) is 27.9 Å². The lowest BCUT2D eigenvalue weighted by molar-refractivity contribution is -0.0121. The number of piperazine rings is 1. The molecule has 0 aromatic heterocycles. The molecule has 0 radical (unpaired) electrons. The van der Waals surface area contributed by atoms with Crippen LogP contribution in [-0.2, 0) is 4.74 Å². The molecule has 12 heteroatoms. The van der Waals surface area contributed by atoms with E-state index >= 15 is 0 Å². The number of hydrogen-bond acceptors (Lipinski definition) is 6.